The first-order valence-corrected chi connectivity index (χ1v) is 0. The van der Waals surface area contributed by atoms with Gasteiger partial charge in [-0.1, -0.05) is 0 Å². The van der Waals surface area contributed by atoms with Crippen molar-refractivity contribution in [1.82, 2.24) is 0 Å². The molecule has 0 spiro atoms. The molecule has 0 unspecified atom stereocenters. The van der Waals surface area contributed by atoms with E-state index in [9.17, 15) is 0 Å². The zero-order chi connectivity index (χ0) is 0. The van der Waals surface area contributed by atoms with Crippen LogP contribution >= 0.6 is 0 Å². The van der Waals surface area contributed by atoms with Gasteiger partial charge in [-0.3, -0.25) is 0 Å². The van der Waals surface area contributed by atoms with Gasteiger partial charge in [-0.05, 0) is 0 Å². The molecule has 8 nitrogen and oxygen atoms in total. The van der Waals surface area contributed by atoms with Gasteiger partial charge in [-0.2, -0.15) is 0 Å². The summed E-state index contributed by atoms with van der Waals surface area (Å²) < 4.78 is 0. The molecular weight excluding hydrogens is 390 g/mol. The first-order valence-electron chi connectivity index (χ1n) is 0. The molecule has 0 bridgehead atoms. The van der Waals surface area contributed by atoms with Gasteiger partial charge in [0.05, 0.1) is 0 Å². The van der Waals surface area contributed by atoms with Crippen LogP contribution in [-0.2, 0) is 77.9 Å². The van der Waals surface area contributed by atoms with E-state index in [1.165, 1.54) is 0 Å². The SMILES string of the molecule is O.O.O.O.O.O.O.O.[Zn].[Zn].[Zn].[Zn]. The molecule has 0 rings (SSSR count). The van der Waals surface area contributed by atoms with Gasteiger partial charge < -0.3 is 43.8 Å². The molecule has 0 fully saturated rings. The van der Waals surface area contributed by atoms with Crippen LogP contribution in [0.1, 0.15) is 0 Å². The smallest absolute Gasteiger partial charge is 0 e. The normalized spacial score (nSPS) is 0. The van der Waals surface area contributed by atoms with Gasteiger partial charge in [0.25, 0.3) is 0 Å². The van der Waals surface area contributed by atoms with Crippen molar-refractivity contribution < 1.29 is 122 Å². The summed E-state index contributed by atoms with van der Waals surface area (Å²) in [4.78, 5) is 0. The van der Waals surface area contributed by atoms with Crippen molar-refractivity contribution in [2.24, 2.45) is 0 Å². The Balaban J connectivity index is 0. The van der Waals surface area contributed by atoms with Crippen LogP contribution in [0, 0.1) is 0 Å². The van der Waals surface area contributed by atoms with Gasteiger partial charge in [0.2, 0.25) is 0 Å². The topological polar surface area (TPSA) is 252 Å². The maximum atomic E-state index is 0. The summed E-state index contributed by atoms with van der Waals surface area (Å²) in [5.41, 5.74) is 0. The zero-order valence-corrected chi connectivity index (χ0v) is 18.7. The van der Waals surface area contributed by atoms with Gasteiger partial charge in [-0.25, -0.2) is 0 Å². The Morgan fingerprint density at radius 1 is 0.167 bits per heavy atom. The molecule has 12 heavy (non-hydrogen) atoms. The average Bonchev–Trinajstić information content (AvgIpc) is 0. The number of hydrogen-bond acceptors (Lipinski definition) is 0. The molecular formula is H16O8Zn4. The predicted octanol–water partition coefficient (Wildman–Crippen LogP) is -6.61. The summed E-state index contributed by atoms with van der Waals surface area (Å²) in [5, 5.41) is 0. The largest absolute Gasteiger partial charge is 0.412 e. The molecule has 0 aliphatic heterocycles. The van der Waals surface area contributed by atoms with Crippen molar-refractivity contribution in [3.63, 3.8) is 0 Å². The second-order valence-electron chi connectivity index (χ2n) is 0. The molecule has 12 heteroatoms. The van der Waals surface area contributed by atoms with E-state index < -0.39 is 0 Å². The Labute approximate surface area is 121 Å². The van der Waals surface area contributed by atoms with E-state index >= 15 is 0 Å². The third kappa shape index (κ3) is 322. The van der Waals surface area contributed by atoms with Gasteiger partial charge in [-0.15, -0.1) is 0 Å². The van der Waals surface area contributed by atoms with E-state index in [0.717, 1.165) is 0 Å². The first kappa shape index (κ1) is 521. The maximum Gasteiger partial charge on any atom is 0 e. The monoisotopic (exact) mass is 400 g/mol. The van der Waals surface area contributed by atoms with Crippen molar-refractivity contribution >= 4 is 0 Å². The summed E-state index contributed by atoms with van der Waals surface area (Å²) in [6.07, 6.45) is 0. The van der Waals surface area contributed by atoms with E-state index in [2.05, 4.69) is 0 Å². The van der Waals surface area contributed by atoms with Gasteiger partial charge in [0, 0.05) is 77.9 Å². The molecule has 0 aromatic rings. The van der Waals surface area contributed by atoms with E-state index in [1.54, 1.807) is 0 Å². The van der Waals surface area contributed by atoms with Gasteiger partial charge in [0.1, 0.15) is 0 Å². The fraction of sp³-hybridized carbons (Fsp3) is 0. The summed E-state index contributed by atoms with van der Waals surface area (Å²) in [7, 11) is 0. The molecule has 72 valence electrons. The molecule has 0 aromatic heterocycles. The summed E-state index contributed by atoms with van der Waals surface area (Å²) >= 11 is 0. The fourth-order valence-electron chi connectivity index (χ4n) is 0. The van der Waals surface area contributed by atoms with Crippen LogP contribution in [0.15, 0.2) is 0 Å². The minimum absolute atomic E-state index is 0. The van der Waals surface area contributed by atoms with Crippen molar-refractivity contribution in [3.8, 4) is 0 Å². The van der Waals surface area contributed by atoms with Crippen molar-refractivity contribution in [2.45, 2.75) is 0 Å². The maximum absolute atomic E-state index is 0. The van der Waals surface area contributed by atoms with E-state index in [-0.39, 0.29) is 122 Å². The Hall–Kier alpha value is 2.17. The zero-order valence-electron chi connectivity index (χ0n) is 6.83. The Morgan fingerprint density at radius 3 is 0.167 bits per heavy atom. The van der Waals surface area contributed by atoms with E-state index in [0.29, 0.717) is 0 Å². The first-order chi connectivity index (χ1) is 0. The fourth-order valence-corrected chi connectivity index (χ4v) is 0. The van der Waals surface area contributed by atoms with Crippen LogP contribution in [0.25, 0.3) is 0 Å². The number of hydrogen-bond donors (Lipinski definition) is 0. The molecule has 0 radical (unpaired) electrons. The van der Waals surface area contributed by atoms with Crippen LogP contribution in [0.5, 0.6) is 0 Å². The van der Waals surface area contributed by atoms with Crippen LogP contribution in [-0.4, -0.2) is 43.8 Å². The predicted molar refractivity (Wildman–Crippen MR) is 28.9 cm³/mol. The number of rotatable bonds is 0. The molecule has 0 aliphatic carbocycles. The van der Waals surface area contributed by atoms with Crippen molar-refractivity contribution in [3.05, 3.63) is 0 Å². The molecule has 0 saturated carbocycles. The standard InChI is InChI=1S/8H2O.4Zn/h8*1H2;;;;. The Bertz CT molecular complexity index is 11.0. The Morgan fingerprint density at radius 2 is 0.167 bits per heavy atom. The molecule has 0 aliphatic rings. The molecule has 0 atom stereocenters. The average molecular weight is 406 g/mol. The molecule has 0 aromatic carbocycles. The Kier molecular flexibility index (Phi) is 17900. The summed E-state index contributed by atoms with van der Waals surface area (Å²) in [6, 6.07) is 0. The second kappa shape index (κ2) is 413. The quantitative estimate of drug-likeness (QED) is 0.340. The molecule has 0 heterocycles. The molecule has 0 amide bonds. The minimum atomic E-state index is 0. The van der Waals surface area contributed by atoms with Crippen LogP contribution < -0.4 is 0 Å². The van der Waals surface area contributed by atoms with Crippen molar-refractivity contribution in [1.29, 1.82) is 0 Å². The summed E-state index contributed by atoms with van der Waals surface area (Å²) in [5.74, 6) is 0. The van der Waals surface area contributed by atoms with Crippen LogP contribution in [0.2, 0.25) is 0 Å². The van der Waals surface area contributed by atoms with Crippen molar-refractivity contribution in [2.75, 3.05) is 0 Å². The van der Waals surface area contributed by atoms with Gasteiger partial charge in [0.15, 0.2) is 0 Å². The van der Waals surface area contributed by atoms with E-state index in [1.807, 2.05) is 0 Å². The molecule has 16 N–H and O–H groups in total. The van der Waals surface area contributed by atoms with Crippen LogP contribution in [0.4, 0.5) is 0 Å². The van der Waals surface area contributed by atoms with Gasteiger partial charge >= 0.3 is 0 Å². The second-order valence-corrected chi connectivity index (χ2v) is 0. The minimum Gasteiger partial charge on any atom is -0.412 e. The van der Waals surface area contributed by atoms with E-state index in [4.69, 9.17) is 0 Å². The third-order valence-electron chi connectivity index (χ3n) is 0. The van der Waals surface area contributed by atoms with Crippen LogP contribution in [0.3, 0.4) is 0 Å². The summed E-state index contributed by atoms with van der Waals surface area (Å²) in [6.45, 7) is 0. The molecule has 0 saturated heterocycles. The third-order valence-corrected chi connectivity index (χ3v) is 0.